The Labute approximate surface area is 180 Å². The molecule has 0 amide bonds. The Bertz CT molecular complexity index is 1510. The molecule has 0 spiro atoms. The van der Waals surface area contributed by atoms with Crippen LogP contribution in [0.4, 0.5) is 14.7 Å². The van der Waals surface area contributed by atoms with Gasteiger partial charge in [-0.1, -0.05) is 30.3 Å². The zero-order valence-corrected chi connectivity index (χ0v) is 17.3. The number of fused-ring (bicyclic) bond motifs is 3. The van der Waals surface area contributed by atoms with Crippen LogP contribution in [0.15, 0.2) is 63.2 Å². The summed E-state index contributed by atoms with van der Waals surface area (Å²) >= 11 is 0. The molecule has 3 heterocycles. The fourth-order valence-corrected chi connectivity index (χ4v) is 3.84. The molecule has 1 aliphatic heterocycles. The lowest BCUT2D eigenvalue weighted by Crippen LogP contribution is -2.38. The predicted molar refractivity (Wildman–Crippen MR) is 116 cm³/mol. The highest BCUT2D eigenvalue weighted by Crippen LogP contribution is 2.27. The minimum atomic E-state index is -0.502. The molecular weight excluding hydrogens is 418 g/mol. The van der Waals surface area contributed by atoms with Gasteiger partial charge in [0.2, 0.25) is 5.95 Å². The Kier molecular flexibility index (Phi) is 4.50. The third kappa shape index (κ3) is 3.03. The lowest BCUT2D eigenvalue weighted by Gasteiger charge is -2.26. The molecule has 10 heteroatoms. The van der Waals surface area contributed by atoms with Crippen molar-refractivity contribution in [3.05, 3.63) is 92.1 Å². The van der Waals surface area contributed by atoms with Crippen LogP contribution in [-0.4, -0.2) is 24.4 Å². The van der Waals surface area contributed by atoms with Gasteiger partial charge in [0.05, 0.1) is 18.8 Å². The first-order valence-electron chi connectivity index (χ1n) is 9.85. The topological polar surface area (TPSA) is 77.4 Å². The molecule has 0 fully saturated rings. The highest BCUT2D eigenvalue weighted by Gasteiger charge is 2.28. The first kappa shape index (κ1) is 19.9. The van der Waals surface area contributed by atoms with Gasteiger partial charge in [0, 0.05) is 19.7 Å². The molecule has 0 unspecified atom stereocenters. The highest BCUT2D eigenvalue weighted by atomic mass is 19.1. The van der Waals surface area contributed by atoms with E-state index in [1.165, 1.54) is 41.9 Å². The number of hydrogen-bond acceptors (Lipinski definition) is 5. The van der Waals surface area contributed by atoms with Crippen LogP contribution in [-0.2, 0) is 27.2 Å². The Balaban J connectivity index is 1.74. The number of halogens is 2. The molecule has 8 nitrogen and oxygen atoms in total. The molecule has 0 bridgehead atoms. The molecule has 32 heavy (non-hydrogen) atoms. The largest absolute Gasteiger partial charge is 0.332 e. The Morgan fingerprint density at radius 1 is 0.969 bits per heavy atom. The molecule has 5 rings (SSSR count). The van der Waals surface area contributed by atoms with Gasteiger partial charge in [0.25, 0.3) is 5.56 Å². The fraction of sp³-hybridized carbons (Fsp3) is 0.182. The van der Waals surface area contributed by atoms with E-state index >= 15 is 0 Å². The van der Waals surface area contributed by atoms with E-state index in [0.717, 1.165) is 4.57 Å². The van der Waals surface area contributed by atoms with Gasteiger partial charge in [-0.15, -0.1) is 0 Å². The second-order valence-corrected chi connectivity index (χ2v) is 7.58. The zero-order valence-electron chi connectivity index (χ0n) is 17.3. The van der Waals surface area contributed by atoms with E-state index in [0.29, 0.717) is 22.8 Å². The van der Waals surface area contributed by atoms with Crippen molar-refractivity contribution < 1.29 is 8.78 Å². The highest BCUT2D eigenvalue weighted by molar-refractivity contribution is 6.02. The second-order valence-electron chi connectivity index (χ2n) is 7.58. The molecule has 162 valence electrons. The molecule has 2 aromatic heterocycles. The number of aromatic nitrogens is 4. The number of hydrazone groups is 1. The molecular formula is C22H18F2N6O2. The predicted octanol–water partition coefficient (Wildman–Crippen LogP) is 2.14. The lowest BCUT2D eigenvalue weighted by atomic mass is 10.1. The van der Waals surface area contributed by atoms with E-state index in [-0.39, 0.29) is 30.1 Å². The van der Waals surface area contributed by atoms with Crippen molar-refractivity contribution in [3.63, 3.8) is 0 Å². The number of imidazole rings is 1. The van der Waals surface area contributed by atoms with Crippen molar-refractivity contribution in [3.8, 4) is 0 Å². The fourth-order valence-electron chi connectivity index (χ4n) is 3.84. The van der Waals surface area contributed by atoms with Crippen LogP contribution < -0.4 is 16.3 Å². The maximum atomic E-state index is 14.4. The van der Waals surface area contributed by atoms with Gasteiger partial charge in [-0.05, 0) is 23.8 Å². The summed E-state index contributed by atoms with van der Waals surface area (Å²) in [6.07, 6.45) is 0. The van der Waals surface area contributed by atoms with Gasteiger partial charge in [-0.2, -0.15) is 10.1 Å². The van der Waals surface area contributed by atoms with Crippen LogP contribution in [0.3, 0.4) is 0 Å². The third-order valence-corrected chi connectivity index (χ3v) is 5.56. The Hall–Kier alpha value is -4.08. The summed E-state index contributed by atoms with van der Waals surface area (Å²) in [6, 6.07) is 12.1. The molecule has 2 aromatic carbocycles. The first-order valence-corrected chi connectivity index (χ1v) is 9.85. The molecule has 4 aromatic rings. The van der Waals surface area contributed by atoms with Crippen molar-refractivity contribution in [1.29, 1.82) is 0 Å². The van der Waals surface area contributed by atoms with E-state index in [1.54, 1.807) is 34.9 Å². The number of hydrogen-bond donors (Lipinski definition) is 0. The van der Waals surface area contributed by atoms with E-state index < -0.39 is 17.1 Å². The molecule has 1 aliphatic rings. The van der Waals surface area contributed by atoms with Gasteiger partial charge < -0.3 is 0 Å². The van der Waals surface area contributed by atoms with Crippen molar-refractivity contribution >= 4 is 22.8 Å². The minimum Gasteiger partial charge on any atom is -0.297 e. The third-order valence-electron chi connectivity index (χ3n) is 5.56. The first-order chi connectivity index (χ1) is 15.3. The molecule has 0 N–H and O–H groups in total. The second kappa shape index (κ2) is 7.26. The molecule has 0 saturated carbocycles. The Morgan fingerprint density at radius 2 is 1.69 bits per heavy atom. The van der Waals surface area contributed by atoms with Crippen LogP contribution in [0.25, 0.3) is 11.2 Å². The number of rotatable bonds is 3. The maximum Gasteiger partial charge on any atom is 0.332 e. The van der Waals surface area contributed by atoms with Gasteiger partial charge in [-0.25, -0.2) is 18.6 Å². The van der Waals surface area contributed by atoms with Gasteiger partial charge in [-0.3, -0.25) is 18.5 Å². The zero-order chi connectivity index (χ0) is 22.6. The summed E-state index contributed by atoms with van der Waals surface area (Å²) in [7, 11) is 2.94. The molecule has 0 radical (unpaired) electrons. The van der Waals surface area contributed by atoms with E-state index in [4.69, 9.17) is 0 Å². The van der Waals surface area contributed by atoms with Crippen molar-refractivity contribution in [2.45, 2.75) is 13.1 Å². The number of benzene rings is 2. The van der Waals surface area contributed by atoms with Gasteiger partial charge in [0.1, 0.15) is 11.6 Å². The maximum absolute atomic E-state index is 14.4. The number of anilines is 1. The molecule has 0 aliphatic carbocycles. The quantitative estimate of drug-likeness (QED) is 0.493. The standard InChI is InChI=1S/C22H18F2N6O2/c1-27-19-18(20(31)28(2)22(27)32)29-12-17(13-7-9-15(23)10-8-13)26-30(21(29)25-19)11-14-5-3-4-6-16(14)24/h3-10H,11-12H2,1-2H3. The van der Waals surface area contributed by atoms with Crippen molar-refractivity contribution in [2.24, 2.45) is 19.2 Å². The average Bonchev–Trinajstić information content (AvgIpc) is 3.18. The normalized spacial score (nSPS) is 13.4. The van der Waals surface area contributed by atoms with Crippen LogP contribution in [0.1, 0.15) is 11.1 Å². The van der Waals surface area contributed by atoms with Crippen molar-refractivity contribution in [1.82, 2.24) is 18.7 Å². The lowest BCUT2D eigenvalue weighted by molar-refractivity contribution is 0.600. The summed E-state index contributed by atoms with van der Waals surface area (Å²) in [5, 5.41) is 6.13. The smallest absolute Gasteiger partial charge is 0.297 e. The van der Waals surface area contributed by atoms with Gasteiger partial charge in [0.15, 0.2) is 11.2 Å². The minimum absolute atomic E-state index is 0.0505. The van der Waals surface area contributed by atoms with Crippen LogP contribution in [0.5, 0.6) is 0 Å². The van der Waals surface area contributed by atoms with Crippen LogP contribution >= 0.6 is 0 Å². The van der Waals surface area contributed by atoms with Crippen molar-refractivity contribution in [2.75, 3.05) is 5.01 Å². The van der Waals surface area contributed by atoms with Crippen LogP contribution in [0, 0.1) is 11.6 Å². The summed E-state index contributed by atoms with van der Waals surface area (Å²) < 4.78 is 31.8. The summed E-state index contributed by atoms with van der Waals surface area (Å²) in [5.41, 5.74) is 1.03. The van der Waals surface area contributed by atoms with E-state index in [2.05, 4.69) is 10.1 Å². The summed E-state index contributed by atoms with van der Waals surface area (Å²) in [6.45, 7) is 0.230. The molecule has 0 atom stereocenters. The van der Waals surface area contributed by atoms with Gasteiger partial charge >= 0.3 is 5.69 Å². The van der Waals surface area contributed by atoms with E-state index in [1.807, 2.05) is 0 Å². The molecule has 0 saturated heterocycles. The van der Waals surface area contributed by atoms with E-state index in [9.17, 15) is 18.4 Å². The average molecular weight is 436 g/mol. The number of aryl methyl sites for hydroxylation is 1. The van der Waals surface area contributed by atoms with Crippen LogP contribution in [0.2, 0.25) is 0 Å². The SMILES string of the molecule is Cn1c(=O)c2c(nc3n2CC(c2ccc(F)cc2)=NN3Cc2ccccc2F)n(C)c1=O. The summed E-state index contributed by atoms with van der Waals surface area (Å²) in [5.74, 6) is -0.471. The monoisotopic (exact) mass is 436 g/mol. The number of nitrogens with zero attached hydrogens (tertiary/aromatic N) is 6. The Morgan fingerprint density at radius 3 is 2.41 bits per heavy atom. The summed E-state index contributed by atoms with van der Waals surface area (Å²) in [4.78, 5) is 29.9.